The zero-order valence-electron chi connectivity index (χ0n) is 14.5. The first kappa shape index (κ1) is 18.7. The van der Waals surface area contributed by atoms with Gasteiger partial charge < -0.3 is 20.1 Å². The first-order chi connectivity index (χ1) is 11.1. The lowest BCUT2D eigenvalue weighted by atomic mass is 9.87. The molecule has 0 aliphatic carbocycles. The van der Waals surface area contributed by atoms with Crippen molar-refractivity contribution < 1.29 is 24.9 Å². The van der Waals surface area contributed by atoms with Crippen LogP contribution in [-0.4, -0.2) is 56.4 Å². The molecule has 1 unspecified atom stereocenters. The van der Waals surface area contributed by atoms with Gasteiger partial charge in [0.1, 0.15) is 5.60 Å². The van der Waals surface area contributed by atoms with Gasteiger partial charge in [0.15, 0.2) is 5.79 Å². The molecule has 1 aliphatic heterocycles. The molecule has 0 saturated carbocycles. The predicted octanol–water partition coefficient (Wildman–Crippen LogP) is 1.67. The van der Waals surface area contributed by atoms with Gasteiger partial charge in [-0.2, -0.15) is 0 Å². The summed E-state index contributed by atoms with van der Waals surface area (Å²) < 4.78 is 5.46. The highest BCUT2D eigenvalue weighted by molar-refractivity contribution is 5.69. The van der Waals surface area contributed by atoms with Gasteiger partial charge in [-0.05, 0) is 32.8 Å². The van der Waals surface area contributed by atoms with Gasteiger partial charge in [-0.3, -0.25) is 4.90 Å². The highest BCUT2D eigenvalue weighted by atomic mass is 16.6. The zero-order valence-corrected chi connectivity index (χ0v) is 14.5. The van der Waals surface area contributed by atoms with E-state index in [1.165, 1.54) is 4.90 Å². The van der Waals surface area contributed by atoms with E-state index in [4.69, 9.17) is 4.74 Å². The highest BCUT2D eigenvalue weighted by Gasteiger charge is 2.45. The normalized spacial score (nSPS) is 23.8. The summed E-state index contributed by atoms with van der Waals surface area (Å²) in [5.41, 5.74) is 0.312. The molecule has 1 aromatic carbocycles. The summed E-state index contributed by atoms with van der Waals surface area (Å²) in [6, 6.07) is 8.36. The van der Waals surface area contributed by atoms with Crippen molar-refractivity contribution in [3.63, 3.8) is 0 Å². The molecule has 1 saturated heterocycles. The van der Waals surface area contributed by atoms with E-state index in [0.717, 1.165) is 5.56 Å². The fraction of sp³-hybridized carbons (Fsp3) is 0.611. The molecule has 1 aliphatic rings. The molecule has 0 bridgehead atoms. The maximum Gasteiger partial charge on any atom is 0.410 e. The van der Waals surface area contributed by atoms with Crippen LogP contribution in [0.2, 0.25) is 0 Å². The molecule has 134 valence electrons. The largest absolute Gasteiger partial charge is 0.444 e. The van der Waals surface area contributed by atoms with Crippen molar-refractivity contribution in [3.8, 4) is 0 Å². The number of amides is 1. The van der Waals surface area contributed by atoms with Crippen molar-refractivity contribution in [3.05, 3.63) is 35.9 Å². The van der Waals surface area contributed by atoms with Crippen molar-refractivity contribution in [2.75, 3.05) is 6.61 Å². The van der Waals surface area contributed by atoms with Gasteiger partial charge >= 0.3 is 6.09 Å². The summed E-state index contributed by atoms with van der Waals surface area (Å²) in [7, 11) is 0. The van der Waals surface area contributed by atoms with E-state index in [9.17, 15) is 20.1 Å². The number of hydrogen-bond acceptors (Lipinski definition) is 5. The van der Waals surface area contributed by atoms with Crippen molar-refractivity contribution in [1.82, 2.24) is 4.90 Å². The molecule has 1 aromatic rings. The van der Waals surface area contributed by atoms with E-state index in [2.05, 4.69) is 0 Å². The standard InChI is InChI=1S/C18H27NO5/c1-17(2,3)24-16(21)19-14(9-13-7-5-4-6-8-13)10-18(22,23)11-15(19)12-20/h4-8,14-15,20,22-23H,9-12H2,1-3H3/t14-,15?/m0/s1. The maximum absolute atomic E-state index is 12.6. The van der Waals surface area contributed by atoms with Crippen LogP contribution >= 0.6 is 0 Å². The number of hydrogen-bond donors (Lipinski definition) is 3. The maximum atomic E-state index is 12.6. The topological polar surface area (TPSA) is 90.2 Å². The minimum atomic E-state index is -1.91. The summed E-state index contributed by atoms with van der Waals surface area (Å²) in [6.45, 7) is 4.97. The second kappa shape index (κ2) is 7.09. The van der Waals surface area contributed by atoms with Gasteiger partial charge in [0, 0.05) is 18.9 Å². The molecule has 0 aromatic heterocycles. The molecule has 2 rings (SSSR count). The number of likely N-dealkylation sites (tertiary alicyclic amines) is 1. The number of carbonyl (C=O) groups is 1. The van der Waals surface area contributed by atoms with Crippen LogP contribution in [0.5, 0.6) is 0 Å². The van der Waals surface area contributed by atoms with Gasteiger partial charge in [0.05, 0.1) is 12.6 Å². The Morgan fingerprint density at radius 2 is 1.79 bits per heavy atom. The van der Waals surface area contributed by atoms with Gasteiger partial charge in [0.2, 0.25) is 0 Å². The smallest absolute Gasteiger partial charge is 0.410 e. The second-order valence-corrected chi connectivity index (χ2v) is 7.46. The number of piperidine rings is 1. The average Bonchev–Trinajstić information content (AvgIpc) is 2.44. The molecule has 6 nitrogen and oxygen atoms in total. The molecule has 2 atom stereocenters. The molecule has 24 heavy (non-hydrogen) atoms. The van der Waals surface area contributed by atoms with Crippen LogP contribution < -0.4 is 0 Å². The Morgan fingerprint density at radius 1 is 1.21 bits per heavy atom. The zero-order chi connectivity index (χ0) is 18.0. The van der Waals surface area contributed by atoms with Crippen LogP contribution in [0, 0.1) is 0 Å². The molecular formula is C18H27NO5. The van der Waals surface area contributed by atoms with Gasteiger partial charge in [0.25, 0.3) is 0 Å². The van der Waals surface area contributed by atoms with E-state index in [-0.39, 0.29) is 19.4 Å². The minimum absolute atomic E-state index is 0.0115. The van der Waals surface area contributed by atoms with Crippen LogP contribution in [0.25, 0.3) is 0 Å². The third-order valence-corrected chi connectivity index (χ3v) is 4.04. The van der Waals surface area contributed by atoms with Gasteiger partial charge in [-0.25, -0.2) is 4.79 Å². The number of rotatable bonds is 3. The Labute approximate surface area is 142 Å². The lowest BCUT2D eigenvalue weighted by Gasteiger charge is -2.46. The molecule has 3 N–H and O–H groups in total. The number of aliphatic hydroxyl groups excluding tert-OH is 1. The number of benzene rings is 1. The Hall–Kier alpha value is -1.63. The Balaban J connectivity index is 2.27. The third kappa shape index (κ3) is 4.93. The fourth-order valence-electron chi connectivity index (χ4n) is 3.15. The van der Waals surface area contributed by atoms with Crippen molar-refractivity contribution in [1.29, 1.82) is 0 Å². The summed E-state index contributed by atoms with van der Waals surface area (Å²) in [5.74, 6) is -1.91. The number of ether oxygens (including phenoxy) is 1. The monoisotopic (exact) mass is 337 g/mol. The first-order valence-corrected chi connectivity index (χ1v) is 8.22. The van der Waals surface area contributed by atoms with Crippen LogP contribution in [0.3, 0.4) is 0 Å². The molecule has 0 spiro atoms. The SMILES string of the molecule is CC(C)(C)OC(=O)N1C(CO)CC(O)(O)C[C@@H]1Cc1ccccc1. The molecule has 1 amide bonds. The van der Waals surface area contributed by atoms with E-state index >= 15 is 0 Å². The lowest BCUT2D eigenvalue weighted by Crippen LogP contribution is -2.60. The summed E-state index contributed by atoms with van der Waals surface area (Å²) in [4.78, 5) is 14.1. The lowest BCUT2D eigenvalue weighted by molar-refractivity contribution is -0.212. The number of aliphatic hydroxyl groups is 3. The fourth-order valence-corrected chi connectivity index (χ4v) is 3.15. The minimum Gasteiger partial charge on any atom is -0.444 e. The van der Waals surface area contributed by atoms with Crippen LogP contribution in [0.4, 0.5) is 4.79 Å². The van der Waals surface area contributed by atoms with Crippen molar-refractivity contribution in [2.24, 2.45) is 0 Å². The van der Waals surface area contributed by atoms with Crippen LogP contribution in [-0.2, 0) is 11.2 Å². The van der Waals surface area contributed by atoms with Crippen molar-refractivity contribution in [2.45, 2.75) is 63.5 Å². The Kier molecular flexibility index (Phi) is 5.52. The number of carbonyl (C=O) groups excluding carboxylic acids is 1. The predicted molar refractivity (Wildman–Crippen MR) is 89.3 cm³/mol. The molecule has 1 heterocycles. The van der Waals surface area contributed by atoms with E-state index < -0.39 is 29.6 Å². The molecule has 1 fully saturated rings. The van der Waals surface area contributed by atoms with E-state index in [1.54, 1.807) is 20.8 Å². The van der Waals surface area contributed by atoms with Crippen LogP contribution in [0.15, 0.2) is 30.3 Å². The van der Waals surface area contributed by atoms with Crippen LogP contribution in [0.1, 0.15) is 39.2 Å². The summed E-state index contributed by atoms with van der Waals surface area (Å²) in [5, 5.41) is 29.9. The highest BCUT2D eigenvalue weighted by Crippen LogP contribution is 2.32. The first-order valence-electron chi connectivity index (χ1n) is 8.22. The quantitative estimate of drug-likeness (QED) is 0.730. The van der Waals surface area contributed by atoms with Gasteiger partial charge in [-0.15, -0.1) is 0 Å². The third-order valence-electron chi connectivity index (χ3n) is 4.04. The average molecular weight is 337 g/mol. The molecule has 6 heteroatoms. The van der Waals surface area contributed by atoms with E-state index in [0.29, 0.717) is 6.42 Å². The summed E-state index contributed by atoms with van der Waals surface area (Å²) in [6.07, 6.45) is -0.177. The molecule has 0 radical (unpaired) electrons. The van der Waals surface area contributed by atoms with Crippen molar-refractivity contribution >= 4 is 6.09 Å². The molecular weight excluding hydrogens is 310 g/mol. The van der Waals surface area contributed by atoms with Gasteiger partial charge in [-0.1, -0.05) is 30.3 Å². The second-order valence-electron chi connectivity index (χ2n) is 7.46. The Bertz CT molecular complexity index is 552. The van der Waals surface area contributed by atoms with E-state index in [1.807, 2.05) is 30.3 Å². The summed E-state index contributed by atoms with van der Waals surface area (Å²) >= 11 is 0. The number of nitrogens with zero attached hydrogens (tertiary/aromatic N) is 1. The Morgan fingerprint density at radius 3 is 2.33 bits per heavy atom.